The number of allylic oxidation sites excluding steroid dienone is 1. The summed E-state index contributed by atoms with van der Waals surface area (Å²) in [5, 5.41) is 0. The number of aryl methyl sites for hydroxylation is 1. The third-order valence-electron chi connectivity index (χ3n) is 3.55. The molecule has 0 radical (unpaired) electrons. The van der Waals surface area contributed by atoms with E-state index in [0.29, 0.717) is 5.57 Å². The van der Waals surface area contributed by atoms with E-state index in [0.717, 1.165) is 12.3 Å². The van der Waals surface area contributed by atoms with Gasteiger partial charge in [-0.05, 0) is 12.1 Å². The molecule has 6 nitrogen and oxygen atoms in total. The van der Waals surface area contributed by atoms with Gasteiger partial charge in [-0.25, -0.2) is 14.8 Å². The molecule has 0 bridgehead atoms. The third kappa shape index (κ3) is 2.97. The maximum absolute atomic E-state index is 12.9. The van der Waals surface area contributed by atoms with Gasteiger partial charge < -0.3 is 9.30 Å². The number of esters is 1. The second-order valence-corrected chi connectivity index (χ2v) is 5.08. The van der Waals surface area contributed by atoms with Crippen LogP contribution >= 0.6 is 0 Å². The van der Waals surface area contributed by atoms with Crippen molar-refractivity contribution in [3.05, 3.63) is 47.2 Å². The predicted octanol–water partition coefficient (Wildman–Crippen LogP) is 2.67. The zero-order chi connectivity index (χ0) is 18.2. The van der Waals surface area contributed by atoms with Crippen LogP contribution < -0.4 is 0 Å². The van der Waals surface area contributed by atoms with Crippen LogP contribution in [0.25, 0.3) is 16.7 Å². The fourth-order valence-electron chi connectivity index (χ4n) is 2.35. The molecule has 128 valence electrons. The molecule has 2 aromatic rings. The summed E-state index contributed by atoms with van der Waals surface area (Å²) in [5.41, 5.74) is 2.48. The van der Waals surface area contributed by atoms with Gasteiger partial charge in [-0.15, -0.1) is 0 Å². The number of imidazole rings is 1. The Morgan fingerprint density at radius 1 is 1.36 bits per heavy atom. The molecule has 0 amide bonds. The predicted molar refractivity (Wildman–Crippen MR) is 83.6 cm³/mol. The molecule has 25 heavy (non-hydrogen) atoms. The largest absolute Gasteiger partial charge is 0.465 e. The molecule has 0 spiro atoms. The lowest BCUT2D eigenvalue weighted by Crippen LogP contribution is -2.09. The van der Waals surface area contributed by atoms with Crippen molar-refractivity contribution in [1.82, 2.24) is 14.5 Å². The molecule has 1 aliphatic heterocycles. The Balaban J connectivity index is 2.20. The first-order valence-electron chi connectivity index (χ1n) is 7.00. The third-order valence-corrected chi connectivity index (χ3v) is 3.55. The monoisotopic (exact) mass is 348 g/mol. The number of carbonyl (C=O) groups is 1. The van der Waals surface area contributed by atoms with E-state index in [9.17, 15) is 18.0 Å². The molecule has 0 saturated carbocycles. The number of carbonyl (C=O) groups excluding carboxylic acids is 1. The molecule has 1 aliphatic rings. The van der Waals surface area contributed by atoms with Gasteiger partial charge >= 0.3 is 12.1 Å². The minimum Gasteiger partial charge on any atom is -0.465 e. The summed E-state index contributed by atoms with van der Waals surface area (Å²) in [6.07, 6.45) is 0.444. The Hall–Kier alpha value is -3.19. The number of pyridine rings is 1. The van der Waals surface area contributed by atoms with Gasteiger partial charge in [0.05, 0.1) is 18.9 Å². The van der Waals surface area contributed by atoms with Gasteiger partial charge in [0.2, 0.25) is 0 Å². The number of nitrogens with zero attached hydrogens (tertiary/aromatic N) is 4. The van der Waals surface area contributed by atoms with Crippen LogP contribution in [0, 0.1) is 0 Å². The summed E-state index contributed by atoms with van der Waals surface area (Å²) in [7, 11) is 2.80. The van der Waals surface area contributed by atoms with Crippen molar-refractivity contribution in [2.45, 2.75) is 6.18 Å². The maximum Gasteiger partial charge on any atom is 0.417 e. The van der Waals surface area contributed by atoms with Gasteiger partial charge in [-0.1, -0.05) is 5.73 Å². The molecule has 3 heterocycles. The summed E-state index contributed by atoms with van der Waals surface area (Å²) in [6.45, 7) is 0. The number of rotatable bonds is 2. The van der Waals surface area contributed by atoms with Crippen LogP contribution in [0.15, 0.2) is 40.8 Å². The van der Waals surface area contributed by atoms with Gasteiger partial charge in [0.15, 0.2) is 5.65 Å². The normalized spacial score (nSPS) is 14.3. The highest BCUT2D eigenvalue weighted by Gasteiger charge is 2.32. The van der Waals surface area contributed by atoms with Gasteiger partial charge in [0.25, 0.3) is 0 Å². The highest BCUT2D eigenvalue weighted by molar-refractivity contribution is 6.09. The lowest BCUT2D eigenvalue weighted by molar-refractivity contribution is -0.138. The Morgan fingerprint density at radius 3 is 2.80 bits per heavy atom. The molecule has 0 aromatic carbocycles. The molecule has 9 heteroatoms. The van der Waals surface area contributed by atoms with Gasteiger partial charge in [0.1, 0.15) is 16.9 Å². The van der Waals surface area contributed by atoms with Crippen LogP contribution in [0.4, 0.5) is 13.2 Å². The topological polar surface area (TPSA) is 69.4 Å². The van der Waals surface area contributed by atoms with E-state index < -0.39 is 17.7 Å². The van der Waals surface area contributed by atoms with E-state index in [4.69, 9.17) is 4.74 Å². The van der Waals surface area contributed by atoms with Crippen LogP contribution in [-0.4, -0.2) is 33.8 Å². The molecule has 0 unspecified atom stereocenters. The van der Waals surface area contributed by atoms with Gasteiger partial charge in [-0.3, -0.25) is 4.99 Å². The fraction of sp³-hybridized carbons (Fsp3) is 0.188. The van der Waals surface area contributed by atoms with E-state index in [2.05, 4.69) is 20.7 Å². The first-order chi connectivity index (χ1) is 11.8. The SMILES string of the molecule is COC(=O)C1=C=CN=CC=C1c1nc2cc(C(F)(F)F)cnc2n1C. The summed E-state index contributed by atoms with van der Waals surface area (Å²) < 4.78 is 44.8. The van der Waals surface area contributed by atoms with E-state index in [1.54, 1.807) is 7.05 Å². The Bertz CT molecular complexity index is 993. The molecular weight excluding hydrogens is 337 g/mol. The standard InChI is InChI=1S/C16H11F3N4O2/c1-23-13(10-3-5-20-6-4-11(10)15(24)25-2)22-12-7-9(16(17,18)19)8-21-14(12)23/h3,5-8H,1-2H3. The number of hydrogen-bond donors (Lipinski definition) is 0. The van der Waals surface area contributed by atoms with E-state index in [1.807, 2.05) is 0 Å². The molecule has 0 N–H and O–H groups in total. The minimum absolute atomic E-state index is 0.0580. The lowest BCUT2D eigenvalue weighted by Gasteiger charge is -2.07. The first-order valence-corrected chi connectivity index (χ1v) is 7.00. The van der Waals surface area contributed by atoms with Crippen LogP contribution in [0.1, 0.15) is 11.4 Å². The summed E-state index contributed by atoms with van der Waals surface area (Å²) >= 11 is 0. The number of hydrogen-bond acceptors (Lipinski definition) is 5. The number of halogens is 3. The molecule has 0 atom stereocenters. The fourth-order valence-corrected chi connectivity index (χ4v) is 2.35. The Labute approximate surface area is 139 Å². The molecule has 0 saturated heterocycles. The Kier molecular flexibility index (Phi) is 4.02. The van der Waals surface area contributed by atoms with Crippen molar-refractivity contribution < 1.29 is 22.7 Å². The number of alkyl halides is 3. The second kappa shape index (κ2) is 6.03. The average molecular weight is 348 g/mol. The number of fused-ring (bicyclic) bond motifs is 1. The first kappa shape index (κ1) is 16.7. The van der Waals surface area contributed by atoms with E-state index in [1.165, 1.54) is 30.2 Å². The van der Waals surface area contributed by atoms with Crippen LogP contribution in [-0.2, 0) is 22.8 Å². The molecule has 3 rings (SSSR count). The van der Waals surface area contributed by atoms with Crippen molar-refractivity contribution in [2.24, 2.45) is 12.0 Å². The molecule has 0 aliphatic carbocycles. The number of aliphatic imine (C=N–C) groups is 1. The average Bonchev–Trinajstić information content (AvgIpc) is 2.75. The van der Waals surface area contributed by atoms with Crippen molar-refractivity contribution in [1.29, 1.82) is 0 Å². The second-order valence-electron chi connectivity index (χ2n) is 5.08. The van der Waals surface area contributed by atoms with Crippen molar-refractivity contribution in [3.63, 3.8) is 0 Å². The minimum atomic E-state index is -4.52. The summed E-state index contributed by atoms with van der Waals surface area (Å²) in [4.78, 5) is 23.9. The zero-order valence-electron chi connectivity index (χ0n) is 13.1. The van der Waals surface area contributed by atoms with Gasteiger partial charge in [-0.2, -0.15) is 13.2 Å². The van der Waals surface area contributed by atoms with E-state index >= 15 is 0 Å². The Morgan fingerprint density at radius 2 is 2.12 bits per heavy atom. The van der Waals surface area contributed by atoms with Crippen LogP contribution in [0.3, 0.4) is 0 Å². The maximum atomic E-state index is 12.9. The molecule has 2 aromatic heterocycles. The lowest BCUT2D eigenvalue weighted by atomic mass is 10.1. The number of methoxy groups -OCH3 is 1. The highest BCUT2D eigenvalue weighted by atomic mass is 19.4. The van der Waals surface area contributed by atoms with Crippen LogP contribution in [0.5, 0.6) is 0 Å². The summed E-state index contributed by atoms with van der Waals surface area (Å²) in [5.74, 6) is -0.416. The quantitative estimate of drug-likeness (QED) is 0.618. The zero-order valence-corrected chi connectivity index (χ0v) is 13.1. The number of aromatic nitrogens is 3. The van der Waals surface area contributed by atoms with Crippen molar-refractivity contribution >= 4 is 28.9 Å². The molecular formula is C16H11F3N4O2. The van der Waals surface area contributed by atoms with Crippen molar-refractivity contribution in [2.75, 3.05) is 7.11 Å². The number of ether oxygens (including phenoxy) is 1. The van der Waals surface area contributed by atoms with Gasteiger partial charge in [0, 0.05) is 25.0 Å². The smallest absolute Gasteiger partial charge is 0.417 e. The van der Waals surface area contributed by atoms with Crippen LogP contribution in [0.2, 0.25) is 0 Å². The summed E-state index contributed by atoms with van der Waals surface area (Å²) in [6, 6.07) is 0.911. The van der Waals surface area contributed by atoms with E-state index in [-0.39, 0.29) is 22.6 Å². The van der Waals surface area contributed by atoms with Crippen molar-refractivity contribution in [3.8, 4) is 0 Å². The molecule has 0 fully saturated rings. The highest BCUT2D eigenvalue weighted by Crippen LogP contribution is 2.32.